The van der Waals surface area contributed by atoms with Crippen LogP contribution >= 0.6 is 0 Å². The molecule has 1 aromatic heterocycles. The van der Waals surface area contributed by atoms with Crippen molar-refractivity contribution < 1.29 is 37.5 Å². The van der Waals surface area contributed by atoms with Crippen LogP contribution < -0.4 is 5.32 Å². The van der Waals surface area contributed by atoms with Gasteiger partial charge in [-0.1, -0.05) is 6.07 Å². The number of aromatic nitrogens is 2. The number of rotatable bonds is 6. The van der Waals surface area contributed by atoms with Crippen molar-refractivity contribution >= 4 is 17.9 Å². The normalized spacial score (nSPS) is 12.8. The van der Waals surface area contributed by atoms with Gasteiger partial charge in [0.15, 0.2) is 0 Å². The standard InChI is InChI=1S/C18H19F3N4O6/c1-17(2,3)31-16(28)22-13(15(26)27)7-10-9-24(23-14(10)25(29)30)12-6-4-5-11(8-12)18(19,20)21/h4-6,8-9,13H,7H2,1-3H3,(H,22,28)(H,26,27). The van der Waals surface area contributed by atoms with Crippen LogP contribution in [0.2, 0.25) is 0 Å². The van der Waals surface area contributed by atoms with Gasteiger partial charge >= 0.3 is 24.1 Å². The molecule has 0 aliphatic rings. The van der Waals surface area contributed by atoms with E-state index in [1.807, 2.05) is 0 Å². The van der Waals surface area contributed by atoms with Crippen molar-refractivity contribution in [2.45, 2.75) is 45.0 Å². The zero-order valence-electron chi connectivity index (χ0n) is 16.6. The van der Waals surface area contributed by atoms with Crippen LogP contribution in [0, 0.1) is 10.1 Å². The number of nitro groups is 1. The SMILES string of the molecule is CC(C)(C)OC(=O)NC(Cc1cn(-c2cccc(C(F)(F)F)c2)nc1[N+](=O)[O-])C(=O)O. The van der Waals surface area contributed by atoms with Crippen molar-refractivity contribution in [3.63, 3.8) is 0 Å². The van der Waals surface area contributed by atoms with Crippen molar-refractivity contribution in [1.82, 2.24) is 15.1 Å². The summed E-state index contributed by atoms with van der Waals surface area (Å²) >= 11 is 0. The average Bonchev–Trinajstić information content (AvgIpc) is 3.03. The predicted octanol–water partition coefficient (Wildman–Crippen LogP) is 3.32. The summed E-state index contributed by atoms with van der Waals surface area (Å²) in [6, 6.07) is 2.33. The van der Waals surface area contributed by atoms with Gasteiger partial charge in [-0.3, -0.25) is 0 Å². The number of amides is 1. The molecule has 0 radical (unpaired) electrons. The number of alkyl carbamates (subject to hydrolysis) is 1. The molecule has 1 unspecified atom stereocenters. The third-order valence-corrected chi connectivity index (χ3v) is 3.79. The minimum atomic E-state index is -4.64. The van der Waals surface area contributed by atoms with Gasteiger partial charge in [0.2, 0.25) is 0 Å². The molecule has 0 saturated carbocycles. The first-order valence-electron chi connectivity index (χ1n) is 8.80. The molecule has 10 nitrogen and oxygen atoms in total. The number of hydrogen-bond acceptors (Lipinski definition) is 6. The molecule has 0 aliphatic carbocycles. The van der Waals surface area contributed by atoms with E-state index in [1.165, 1.54) is 6.07 Å². The molecule has 168 valence electrons. The maximum Gasteiger partial charge on any atom is 0.416 e. The summed E-state index contributed by atoms with van der Waals surface area (Å²) in [5, 5.41) is 26.5. The molecule has 0 spiro atoms. The number of carbonyl (C=O) groups is 2. The van der Waals surface area contributed by atoms with Crippen LogP contribution in [0.15, 0.2) is 30.5 Å². The van der Waals surface area contributed by atoms with Crippen molar-refractivity contribution in [2.75, 3.05) is 0 Å². The van der Waals surface area contributed by atoms with E-state index in [2.05, 4.69) is 10.4 Å². The number of halogens is 3. The van der Waals surface area contributed by atoms with Gasteiger partial charge < -0.3 is 25.3 Å². The molecule has 31 heavy (non-hydrogen) atoms. The summed E-state index contributed by atoms with van der Waals surface area (Å²) in [6.07, 6.45) is -5.19. The number of aliphatic carboxylic acids is 1. The molecule has 1 aromatic carbocycles. The highest BCUT2D eigenvalue weighted by molar-refractivity contribution is 5.80. The largest absolute Gasteiger partial charge is 0.480 e. The lowest BCUT2D eigenvalue weighted by atomic mass is 10.1. The minimum absolute atomic E-state index is 0.115. The van der Waals surface area contributed by atoms with Gasteiger partial charge in [0.05, 0.1) is 28.1 Å². The number of nitrogens with zero attached hydrogens (tertiary/aromatic N) is 3. The van der Waals surface area contributed by atoms with E-state index in [0.29, 0.717) is 0 Å². The number of hydrogen-bond donors (Lipinski definition) is 2. The third kappa shape index (κ3) is 6.42. The van der Waals surface area contributed by atoms with Gasteiger partial charge in [-0.25, -0.2) is 9.59 Å². The molecule has 0 aliphatic heterocycles. The minimum Gasteiger partial charge on any atom is -0.480 e. The van der Waals surface area contributed by atoms with Gasteiger partial charge in [-0.05, 0) is 43.9 Å². The van der Waals surface area contributed by atoms with Crippen LogP contribution in [-0.2, 0) is 22.1 Å². The fourth-order valence-corrected chi connectivity index (χ4v) is 2.53. The molecule has 13 heteroatoms. The van der Waals surface area contributed by atoms with E-state index in [4.69, 9.17) is 4.74 Å². The van der Waals surface area contributed by atoms with Crippen molar-refractivity contribution in [3.8, 4) is 5.69 Å². The predicted molar refractivity (Wildman–Crippen MR) is 99.7 cm³/mol. The van der Waals surface area contributed by atoms with Crippen LogP contribution in [0.5, 0.6) is 0 Å². The van der Waals surface area contributed by atoms with Crippen LogP contribution in [0.25, 0.3) is 5.69 Å². The van der Waals surface area contributed by atoms with Gasteiger partial charge in [-0.2, -0.15) is 13.2 Å². The Kier molecular flexibility index (Phi) is 6.57. The maximum absolute atomic E-state index is 12.9. The number of carbonyl (C=O) groups excluding carboxylic acids is 1. The zero-order valence-corrected chi connectivity index (χ0v) is 16.6. The van der Waals surface area contributed by atoms with Gasteiger partial charge in [0.25, 0.3) is 0 Å². The lowest BCUT2D eigenvalue weighted by Gasteiger charge is -2.21. The molecular formula is C18H19F3N4O6. The molecule has 2 rings (SSSR count). The lowest BCUT2D eigenvalue weighted by molar-refractivity contribution is -0.390. The van der Waals surface area contributed by atoms with E-state index in [9.17, 15) is 38.0 Å². The molecule has 0 bridgehead atoms. The molecular weight excluding hydrogens is 425 g/mol. The van der Waals surface area contributed by atoms with Gasteiger partial charge in [0, 0.05) is 6.42 Å². The van der Waals surface area contributed by atoms with Crippen molar-refractivity contribution in [2.24, 2.45) is 0 Å². The first-order valence-corrected chi connectivity index (χ1v) is 8.80. The Morgan fingerprint density at radius 2 is 1.97 bits per heavy atom. The number of benzene rings is 1. The Hall–Kier alpha value is -3.64. The molecule has 1 atom stereocenters. The Balaban J connectivity index is 2.36. The molecule has 0 fully saturated rings. The quantitative estimate of drug-likeness (QED) is 0.515. The van der Waals surface area contributed by atoms with E-state index >= 15 is 0 Å². The molecule has 2 N–H and O–H groups in total. The highest BCUT2D eigenvalue weighted by atomic mass is 19.4. The van der Waals surface area contributed by atoms with E-state index in [0.717, 1.165) is 29.1 Å². The smallest absolute Gasteiger partial charge is 0.416 e. The van der Waals surface area contributed by atoms with E-state index in [-0.39, 0.29) is 11.3 Å². The fourth-order valence-electron chi connectivity index (χ4n) is 2.53. The highest BCUT2D eigenvalue weighted by Crippen LogP contribution is 2.31. The van der Waals surface area contributed by atoms with Crippen LogP contribution in [-0.4, -0.2) is 43.5 Å². The Morgan fingerprint density at radius 1 is 1.32 bits per heavy atom. The summed E-state index contributed by atoms with van der Waals surface area (Å²) in [7, 11) is 0. The number of carboxylic acids is 1. The van der Waals surface area contributed by atoms with Crippen LogP contribution in [0.3, 0.4) is 0 Å². The average molecular weight is 444 g/mol. The Labute approximate surface area is 173 Å². The first kappa shape index (κ1) is 23.6. The van der Waals surface area contributed by atoms with Crippen molar-refractivity contribution in [1.29, 1.82) is 0 Å². The third-order valence-electron chi connectivity index (χ3n) is 3.79. The summed E-state index contributed by atoms with van der Waals surface area (Å²) in [6.45, 7) is 4.69. The maximum atomic E-state index is 12.9. The molecule has 1 heterocycles. The fraction of sp³-hybridized carbons (Fsp3) is 0.389. The van der Waals surface area contributed by atoms with Crippen LogP contribution in [0.4, 0.5) is 23.8 Å². The van der Waals surface area contributed by atoms with E-state index < -0.39 is 52.6 Å². The summed E-state index contributed by atoms with van der Waals surface area (Å²) in [5.74, 6) is -2.25. The second-order valence-electron chi connectivity index (χ2n) is 7.47. The number of alkyl halides is 3. The summed E-state index contributed by atoms with van der Waals surface area (Å²) < 4.78 is 44.6. The summed E-state index contributed by atoms with van der Waals surface area (Å²) in [4.78, 5) is 33.9. The Bertz CT molecular complexity index is 997. The first-order chi connectivity index (χ1) is 14.2. The van der Waals surface area contributed by atoms with Gasteiger partial charge in [0.1, 0.15) is 11.6 Å². The number of nitrogens with one attached hydrogen (secondary N) is 1. The topological polar surface area (TPSA) is 137 Å². The monoisotopic (exact) mass is 444 g/mol. The highest BCUT2D eigenvalue weighted by Gasteiger charge is 2.32. The molecule has 0 saturated heterocycles. The van der Waals surface area contributed by atoms with Crippen LogP contribution in [0.1, 0.15) is 31.9 Å². The molecule has 1 amide bonds. The van der Waals surface area contributed by atoms with Crippen molar-refractivity contribution in [3.05, 3.63) is 51.7 Å². The van der Waals surface area contributed by atoms with E-state index in [1.54, 1.807) is 20.8 Å². The number of carboxylic acid groups (broad SMARTS) is 1. The summed E-state index contributed by atoms with van der Waals surface area (Å²) in [5.41, 5.74) is -2.21. The molecule has 2 aromatic rings. The second-order valence-corrected chi connectivity index (χ2v) is 7.47. The number of ether oxygens (including phenoxy) is 1. The Morgan fingerprint density at radius 3 is 2.48 bits per heavy atom. The zero-order chi connectivity index (χ0) is 23.6. The van der Waals surface area contributed by atoms with Gasteiger partial charge in [-0.15, -0.1) is 4.68 Å². The second kappa shape index (κ2) is 8.62. The lowest BCUT2D eigenvalue weighted by Crippen LogP contribution is -2.44.